The van der Waals surface area contributed by atoms with Gasteiger partial charge in [0.15, 0.2) is 0 Å². The van der Waals surface area contributed by atoms with E-state index >= 15 is 0 Å². The summed E-state index contributed by atoms with van der Waals surface area (Å²) in [6, 6.07) is 53.1. The van der Waals surface area contributed by atoms with Crippen LogP contribution in [-0.2, 0) is 0 Å². The van der Waals surface area contributed by atoms with E-state index in [-0.39, 0.29) is 6.85 Å². The smallest absolute Gasteiger partial charge is 0.328 e. The Morgan fingerprint density at radius 1 is 0.513 bits per heavy atom. The highest BCUT2D eigenvalue weighted by atomic mass is 32.1. The van der Waals surface area contributed by atoms with E-state index in [1.54, 1.807) is 0 Å². The molecule has 0 saturated carbocycles. The maximum Gasteiger partial charge on any atom is 0.328 e. The van der Waals surface area contributed by atoms with Gasteiger partial charge in [0, 0.05) is 37.1 Å². The summed E-state index contributed by atoms with van der Waals surface area (Å²) >= 11 is 1.89. The van der Waals surface area contributed by atoms with Crippen LogP contribution >= 0.6 is 11.3 Å². The van der Waals surface area contributed by atoms with Gasteiger partial charge < -0.3 is 4.81 Å². The molecule has 0 radical (unpaired) electrons. The van der Waals surface area contributed by atoms with Crippen LogP contribution in [0.4, 0.5) is 11.4 Å². The van der Waals surface area contributed by atoms with Crippen molar-refractivity contribution < 1.29 is 0 Å². The molecular weight excluding hydrogens is 489 g/mol. The molecule has 1 aliphatic heterocycles. The number of benzene rings is 6. The molecule has 39 heavy (non-hydrogen) atoms. The van der Waals surface area contributed by atoms with E-state index in [2.05, 4.69) is 150 Å². The van der Waals surface area contributed by atoms with Crippen molar-refractivity contribution in [1.29, 1.82) is 0 Å². The van der Waals surface area contributed by atoms with Gasteiger partial charge >= 0.3 is 6.85 Å². The second-order valence-corrected chi connectivity index (χ2v) is 11.2. The summed E-state index contributed by atoms with van der Waals surface area (Å²) in [5.74, 6) is 0. The summed E-state index contributed by atoms with van der Waals surface area (Å²) in [6.45, 7) is 0.0918. The number of para-hydroxylation sites is 1. The van der Waals surface area contributed by atoms with Gasteiger partial charge in [-0.2, -0.15) is 0 Å². The van der Waals surface area contributed by atoms with Gasteiger partial charge in [-0.1, -0.05) is 121 Å². The molecule has 3 heteroatoms. The molecule has 0 spiro atoms. The first-order valence-electron chi connectivity index (χ1n) is 13.4. The number of hydrogen-bond acceptors (Lipinski definition) is 2. The summed E-state index contributed by atoms with van der Waals surface area (Å²) in [4.78, 5) is 2.51. The highest BCUT2D eigenvalue weighted by Gasteiger charge is 2.36. The highest BCUT2D eigenvalue weighted by molar-refractivity contribution is 7.26. The van der Waals surface area contributed by atoms with Gasteiger partial charge in [0.05, 0.1) is 0 Å². The number of thiophene rings is 1. The second-order valence-electron chi connectivity index (χ2n) is 10.1. The van der Waals surface area contributed by atoms with Crippen molar-refractivity contribution in [2.24, 2.45) is 0 Å². The minimum atomic E-state index is 0.0918. The fourth-order valence-corrected chi connectivity index (χ4v) is 7.44. The van der Waals surface area contributed by atoms with E-state index in [4.69, 9.17) is 0 Å². The van der Waals surface area contributed by atoms with Crippen molar-refractivity contribution in [1.82, 2.24) is 0 Å². The fraction of sp³-hybridized carbons (Fsp3) is 0. The molecule has 1 nitrogen and oxygen atoms in total. The lowest BCUT2D eigenvalue weighted by Crippen LogP contribution is -2.57. The molecule has 0 atom stereocenters. The van der Waals surface area contributed by atoms with Crippen LogP contribution in [0.15, 0.2) is 146 Å². The van der Waals surface area contributed by atoms with E-state index < -0.39 is 0 Å². The van der Waals surface area contributed by atoms with Crippen LogP contribution in [0.3, 0.4) is 0 Å². The van der Waals surface area contributed by atoms with Gasteiger partial charge in [0.25, 0.3) is 0 Å². The first-order valence-corrected chi connectivity index (χ1v) is 14.2. The Bertz CT molecular complexity index is 1980. The topological polar surface area (TPSA) is 3.24 Å². The zero-order valence-corrected chi connectivity index (χ0v) is 22.1. The second kappa shape index (κ2) is 9.01. The Morgan fingerprint density at radius 3 is 2.08 bits per heavy atom. The first-order chi connectivity index (χ1) is 19.4. The molecule has 0 saturated heterocycles. The first kappa shape index (κ1) is 22.4. The molecule has 0 unspecified atom stereocenters. The van der Waals surface area contributed by atoms with Crippen LogP contribution in [-0.4, -0.2) is 6.85 Å². The van der Waals surface area contributed by atoms with Crippen molar-refractivity contribution >= 4 is 60.7 Å². The van der Waals surface area contributed by atoms with E-state index in [1.165, 1.54) is 64.7 Å². The van der Waals surface area contributed by atoms with Crippen molar-refractivity contribution in [2.45, 2.75) is 0 Å². The molecule has 1 aliphatic rings. The Balaban J connectivity index is 1.38. The van der Waals surface area contributed by atoms with Crippen LogP contribution in [0.2, 0.25) is 0 Å². The lowest BCUT2D eigenvalue weighted by Gasteiger charge is -2.39. The van der Waals surface area contributed by atoms with Gasteiger partial charge in [-0.3, -0.25) is 0 Å². The zero-order chi connectivity index (χ0) is 25.8. The maximum atomic E-state index is 2.51. The van der Waals surface area contributed by atoms with Crippen LogP contribution in [0, 0.1) is 0 Å². The molecule has 1 aromatic heterocycles. The lowest BCUT2D eigenvalue weighted by atomic mass is 9.45. The molecule has 0 N–H and O–H groups in total. The minimum absolute atomic E-state index is 0.0918. The highest BCUT2D eigenvalue weighted by Crippen LogP contribution is 2.44. The molecule has 0 amide bonds. The molecule has 7 aromatic rings. The van der Waals surface area contributed by atoms with Gasteiger partial charge in [-0.05, 0) is 52.5 Å². The third-order valence-corrected chi connectivity index (χ3v) is 9.14. The minimum Gasteiger partial charge on any atom is -0.376 e. The molecule has 0 fully saturated rings. The maximum absolute atomic E-state index is 2.51. The third kappa shape index (κ3) is 3.54. The largest absolute Gasteiger partial charge is 0.376 e. The van der Waals surface area contributed by atoms with Crippen LogP contribution in [0.1, 0.15) is 0 Å². The summed E-state index contributed by atoms with van der Waals surface area (Å²) in [6.07, 6.45) is 0. The number of fused-ring (bicyclic) bond motifs is 6. The molecule has 8 rings (SSSR count). The van der Waals surface area contributed by atoms with Crippen molar-refractivity contribution in [2.75, 3.05) is 4.81 Å². The Labute approximate surface area is 232 Å². The molecular formula is C36H24BNS. The predicted molar refractivity (Wildman–Crippen MR) is 170 cm³/mol. The van der Waals surface area contributed by atoms with E-state index in [0.717, 1.165) is 0 Å². The molecule has 0 bridgehead atoms. The van der Waals surface area contributed by atoms with Crippen LogP contribution < -0.4 is 15.7 Å². The summed E-state index contributed by atoms with van der Waals surface area (Å²) in [7, 11) is 0. The quantitative estimate of drug-likeness (QED) is 0.214. The molecule has 2 heterocycles. The van der Waals surface area contributed by atoms with Gasteiger partial charge in [-0.25, -0.2) is 0 Å². The molecule has 6 aromatic carbocycles. The zero-order valence-electron chi connectivity index (χ0n) is 21.3. The Morgan fingerprint density at radius 2 is 1.21 bits per heavy atom. The third-order valence-electron chi connectivity index (χ3n) is 7.92. The van der Waals surface area contributed by atoms with Gasteiger partial charge in [-0.15, -0.1) is 11.3 Å². The Hall–Kier alpha value is -4.60. The summed E-state index contributed by atoms with van der Waals surface area (Å²) < 4.78 is 2.69. The van der Waals surface area contributed by atoms with E-state index in [1.807, 2.05) is 11.3 Å². The van der Waals surface area contributed by atoms with Gasteiger partial charge in [0.2, 0.25) is 0 Å². The number of anilines is 2. The number of hydrogen-bond donors (Lipinski definition) is 0. The summed E-state index contributed by atoms with van der Waals surface area (Å²) in [5.41, 5.74) is 10.2. The molecule has 182 valence electrons. The van der Waals surface area contributed by atoms with Crippen molar-refractivity contribution in [3.63, 3.8) is 0 Å². The van der Waals surface area contributed by atoms with Gasteiger partial charge in [0.1, 0.15) is 0 Å². The Kier molecular flexibility index (Phi) is 5.17. The number of rotatable bonds is 3. The van der Waals surface area contributed by atoms with Crippen molar-refractivity contribution in [3.8, 4) is 22.3 Å². The summed E-state index contributed by atoms with van der Waals surface area (Å²) in [5, 5.41) is 2.67. The normalized spacial score (nSPS) is 12.5. The molecule has 0 aliphatic carbocycles. The average Bonchev–Trinajstić information content (AvgIpc) is 3.40. The van der Waals surface area contributed by atoms with E-state index in [9.17, 15) is 0 Å². The average molecular weight is 513 g/mol. The van der Waals surface area contributed by atoms with Crippen LogP contribution in [0.5, 0.6) is 0 Å². The standard InChI is InChI=1S/C36H24BNS/c1-3-12-26(13-4-1)37-33-20-9-7-16-29(33)32-24-25(22-23-34(32)38(37)27-14-5-2-6-15-27)28-18-11-19-31-30-17-8-10-21-35(30)39-36(28)31/h1-24H. The van der Waals surface area contributed by atoms with E-state index in [0.29, 0.717) is 0 Å². The SMILES string of the molecule is c1ccc(B2c3ccccc3-c3cc(-c4cccc5c4sc4ccccc45)ccc3N2c2ccccc2)cc1. The number of nitrogens with zero attached hydrogens (tertiary/aromatic N) is 1. The van der Waals surface area contributed by atoms with Crippen LogP contribution in [0.25, 0.3) is 42.4 Å². The monoisotopic (exact) mass is 513 g/mol. The van der Waals surface area contributed by atoms with Crippen molar-refractivity contribution in [3.05, 3.63) is 146 Å². The lowest BCUT2D eigenvalue weighted by molar-refractivity contribution is 1.36. The predicted octanol–water partition coefficient (Wildman–Crippen LogP) is 8.65. The fourth-order valence-electron chi connectivity index (χ4n) is 6.20.